The van der Waals surface area contributed by atoms with Crippen LogP contribution in [0, 0.1) is 6.57 Å². The molecule has 0 fully saturated rings. The molecule has 0 aliphatic heterocycles. The van der Waals surface area contributed by atoms with Gasteiger partial charge in [0.25, 0.3) is 0 Å². The third kappa shape index (κ3) is 11.4. The van der Waals surface area contributed by atoms with Gasteiger partial charge in [-0.1, -0.05) is 0 Å². The molecule has 0 saturated carbocycles. The summed E-state index contributed by atoms with van der Waals surface area (Å²) in [6.45, 7) is 6.04. The smallest absolute Gasteiger partial charge is 0.0938 e. The van der Waals surface area contributed by atoms with Gasteiger partial charge in [-0.2, -0.15) is 0 Å². The predicted octanol–water partition coefficient (Wildman–Crippen LogP) is 1.55. The van der Waals surface area contributed by atoms with E-state index in [1.54, 1.807) is 0 Å². The Morgan fingerprint density at radius 2 is 2.00 bits per heavy atom. The van der Waals surface area contributed by atoms with E-state index in [-0.39, 0.29) is 27.0 Å². The van der Waals surface area contributed by atoms with E-state index in [2.05, 4.69) is 13.5 Å². The normalized spacial score (nSPS) is 6.40. The summed E-state index contributed by atoms with van der Waals surface area (Å²) >= 11 is 0. The number of hydrogen-bond donors (Lipinski definition) is 0. The van der Waals surface area contributed by atoms with Gasteiger partial charge in [-0.05, 0) is 0 Å². The Labute approximate surface area is 47.5 Å². The van der Waals surface area contributed by atoms with Crippen LogP contribution in [0.2, 0.25) is 0 Å². The van der Waals surface area contributed by atoms with Crippen molar-refractivity contribution in [2.24, 2.45) is 0 Å². The fourth-order valence-corrected chi connectivity index (χ4v) is 0. The van der Waals surface area contributed by atoms with Crippen LogP contribution in [-0.2, 0) is 18.6 Å². The third-order valence-electron chi connectivity index (χ3n) is 0.0559. The largest absolute Gasteiger partial charge is 0.437 e. The summed E-state index contributed by atoms with van der Waals surface area (Å²) in [5, 5.41) is 0. The van der Waals surface area contributed by atoms with Gasteiger partial charge in [-0.3, -0.25) is 0 Å². The van der Waals surface area contributed by atoms with E-state index >= 15 is 0 Å². The van der Waals surface area contributed by atoms with Crippen LogP contribution >= 0.6 is 17.3 Å². The van der Waals surface area contributed by atoms with Crippen molar-refractivity contribution in [2.75, 3.05) is 0 Å². The van der Waals surface area contributed by atoms with Crippen LogP contribution in [0.1, 0.15) is 0 Å². The molecule has 0 aromatic rings. The zero-order valence-electron chi connectivity index (χ0n) is 2.39. The summed E-state index contributed by atoms with van der Waals surface area (Å²) < 4.78 is 2.93. The maximum absolute atomic E-state index is 6.04. The molecule has 0 saturated heterocycles. The molecule has 1 radical (unpaired) electrons. The molecule has 0 rings (SSSR count). The molecule has 0 heterocycles. The van der Waals surface area contributed by atoms with Crippen LogP contribution in [0.25, 0.3) is 4.62 Å². The Morgan fingerprint density at radius 1 is 1.80 bits per heavy atom. The molecular formula is CH2NP2V-. The van der Waals surface area contributed by atoms with Crippen LogP contribution in [0.5, 0.6) is 0 Å². The molecule has 0 aromatic heterocycles. The van der Waals surface area contributed by atoms with E-state index in [0.717, 1.165) is 0 Å². The summed E-state index contributed by atoms with van der Waals surface area (Å²) in [6.07, 6.45) is 0. The van der Waals surface area contributed by atoms with Gasteiger partial charge in [0.1, 0.15) is 0 Å². The molecule has 0 amide bonds. The minimum absolute atomic E-state index is 0. The molecule has 0 aliphatic rings. The molecule has 0 aromatic carbocycles. The van der Waals surface area contributed by atoms with Gasteiger partial charge >= 0.3 is 0 Å². The van der Waals surface area contributed by atoms with Crippen molar-refractivity contribution in [3.05, 3.63) is 11.2 Å². The van der Waals surface area contributed by atoms with Crippen molar-refractivity contribution >= 4 is 17.3 Å². The van der Waals surface area contributed by atoms with E-state index in [0.29, 0.717) is 0 Å². The molecule has 27 valence electrons. The van der Waals surface area contributed by atoms with Crippen molar-refractivity contribution in [3.8, 4) is 0 Å². The average molecular weight is 141 g/mol. The second-order valence-corrected chi connectivity index (χ2v) is 1.34. The fourth-order valence-electron chi connectivity index (χ4n) is 0. The summed E-state index contributed by atoms with van der Waals surface area (Å²) in [5.74, 6) is 0. The summed E-state index contributed by atoms with van der Waals surface area (Å²) in [6, 6.07) is 0. The zero-order chi connectivity index (χ0) is 3.41. The molecule has 0 bridgehead atoms. The van der Waals surface area contributed by atoms with Crippen LogP contribution in [0.4, 0.5) is 0 Å². The molecule has 0 spiro atoms. The van der Waals surface area contributed by atoms with Gasteiger partial charge in [0.15, 0.2) is 0 Å². The van der Waals surface area contributed by atoms with E-state index in [9.17, 15) is 0 Å². The Balaban J connectivity index is 0. The summed E-state index contributed by atoms with van der Waals surface area (Å²) in [4.78, 5) is 0. The molecule has 4 heteroatoms. The van der Waals surface area contributed by atoms with Gasteiger partial charge in [0, 0.05) is 18.6 Å². The molecule has 1 nitrogen and oxygen atoms in total. The molecule has 5 heavy (non-hydrogen) atoms. The fraction of sp³-hybridized carbons (Fsp3) is 0. The first-order valence-corrected chi connectivity index (χ1v) is 3.14. The average Bonchev–Trinajstić information content (AvgIpc) is 1.37. The minimum Gasteiger partial charge on any atom is -0.437 e. The van der Waals surface area contributed by atoms with Crippen LogP contribution in [-0.4, -0.2) is 0 Å². The van der Waals surface area contributed by atoms with Crippen LogP contribution < -0.4 is 0 Å². The maximum Gasteiger partial charge on any atom is 0.0938 e. The predicted molar refractivity (Wildman–Crippen MR) is 23.2 cm³/mol. The first-order chi connectivity index (χ1) is 1.91. The number of hydrogen-bond acceptors (Lipinski definition) is 0. The van der Waals surface area contributed by atoms with Gasteiger partial charge in [-0.25, -0.2) is 6.57 Å². The van der Waals surface area contributed by atoms with Crippen molar-refractivity contribution in [1.82, 2.24) is 0 Å². The monoisotopic (exact) mass is 141 g/mol. The number of rotatable bonds is 0. The Kier molecular flexibility index (Phi) is 16.6. The summed E-state index contributed by atoms with van der Waals surface area (Å²) in [7, 11) is 3.20. The van der Waals surface area contributed by atoms with Gasteiger partial charge in [-0.15, -0.1) is 0 Å². The van der Waals surface area contributed by atoms with Crippen molar-refractivity contribution in [3.63, 3.8) is 0 Å². The first kappa shape index (κ1) is 9.33. The second kappa shape index (κ2) is 8.87. The van der Waals surface area contributed by atoms with E-state index in [4.69, 9.17) is 6.57 Å². The zero-order valence-corrected chi connectivity index (χ0v) is 5.79. The first-order valence-electron chi connectivity index (χ1n) is 0.697. The van der Waals surface area contributed by atoms with Crippen molar-refractivity contribution in [1.29, 1.82) is 0 Å². The standard InChI is InChI=1S/CH2NP2.V/c1-2-4-3;/h3-4H;/q-1;. The Hall–Kier alpha value is 0.934. The quantitative estimate of drug-likeness (QED) is 0.356. The van der Waals surface area contributed by atoms with E-state index in [1.807, 2.05) is 0 Å². The minimum atomic E-state index is 0. The molecular weight excluding hydrogens is 139 g/mol. The van der Waals surface area contributed by atoms with Gasteiger partial charge in [0.2, 0.25) is 0 Å². The van der Waals surface area contributed by atoms with Gasteiger partial charge < -0.3 is 13.5 Å². The molecule has 1 unspecified atom stereocenters. The number of nitrogens with zero attached hydrogens (tertiary/aromatic N) is 1. The third-order valence-corrected chi connectivity index (χ3v) is 0.503. The summed E-state index contributed by atoms with van der Waals surface area (Å²) in [5.41, 5.74) is 0. The van der Waals surface area contributed by atoms with Crippen LogP contribution in [0.3, 0.4) is 0 Å². The molecule has 1 atom stereocenters. The molecule has 0 aliphatic carbocycles. The van der Waals surface area contributed by atoms with Gasteiger partial charge in [0.05, 0.1) is 8.42 Å². The van der Waals surface area contributed by atoms with E-state index < -0.39 is 0 Å². The Bertz CT molecular complexity index is 39.4. The second-order valence-electron chi connectivity index (χ2n) is 0.224. The van der Waals surface area contributed by atoms with Crippen LogP contribution in [0.15, 0.2) is 0 Å². The Morgan fingerprint density at radius 3 is 2.00 bits per heavy atom. The molecule has 0 N–H and O–H groups in total. The topological polar surface area (TPSA) is 4.36 Å². The SMILES string of the molecule is [C-]#[N+]P[PH-].[V]. The van der Waals surface area contributed by atoms with E-state index in [1.165, 1.54) is 0 Å². The van der Waals surface area contributed by atoms with Crippen molar-refractivity contribution < 1.29 is 18.6 Å². The van der Waals surface area contributed by atoms with Crippen molar-refractivity contribution in [2.45, 2.75) is 0 Å². The maximum atomic E-state index is 6.04.